The summed E-state index contributed by atoms with van der Waals surface area (Å²) in [4.78, 5) is 21.4. The molecule has 2 aromatic rings. The molecule has 2 heterocycles. The van der Waals surface area contributed by atoms with Gasteiger partial charge in [-0.1, -0.05) is 60.7 Å². The molecule has 4 rings (SSSR count). The van der Waals surface area contributed by atoms with Crippen molar-refractivity contribution in [2.45, 2.75) is 6.04 Å². The third-order valence-electron chi connectivity index (χ3n) is 6.40. The Labute approximate surface area is 190 Å². The van der Waals surface area contributed by atoms with E-state index >= 15 is 0 Å². The highest BCUT2D eigenvalue weighted by Crippen LogP contribution is 2.29. The molecule has 6 heteroatoms. The summed E-state index contributed by atoms with van der Waals surface area (Å²) in [5.74, 6) is -0.144. The van der Waals surface area contributed by atoms with Crippen molar-refractivity contribution in [3.63, 3.8) is 0 Å². The molecule has 0 radical (unpaired) electrons. The van der Waals surface area contributed by atoms with Crippen LogP contribution in [-0.4, -0.2) is 84.9 Å². The van der Waals surface area contributed by atoms with Crippen LogP contribution in [0.3, 0.4) is 0 Å². The van der Waals surface area contributed by atoms with Gasteiger partial charge in [0.1, 0.15) is 11.6 Å². The van der Waals surface area contributed by atoms with E-state index < -0.39 is 0 Å². The number of rotatable bonds is 5. The summed E-state index contributed by atoms with van der Waals surface area (Å²) in [5.41, 5.74) is 2.81. The minimum absolute atomic E-state index is 0.144. The maximum atomic E-state index is 12.8. The minimum atomic E-state index is -0.144. The summed E-state index contributed by atoms with van der Waals surface area (Å²) in [6.07, 6.45) is 1.78. The van der Waals surface area contributed by atoms with Crippen LogP contribution in [0.15, 0.2) is 72.4 Å². The van der Waals surface area contributed by atoms with Crippen molar-refractivity contribution in [2.75, 3.05) is 59.4 Å². The molecule has 2 aromatic carbocycles. The zero-order valence-electron chi connectivity index (χ0n) is 18.7. The maximum absolute atomic E-state index is 12.8. The van der Waals surface area contributed by atoms with E-state index in [0.717, 1.165) is 39.3 Å². The summed E-state index contributed by atoms with van der Waals surface area (Å²) in [6.45, 7) is 6.37. The Bertz CT molecular complexity index is 913. The molecule has 2 fully saturated rings. The van der Waals surface area contributed by atoms with Crippen molar-refractivity contribution >= 4 is 5.91 Å². The smallest absolute Gasteiger partial charge is 0.266 e. The summed E-state index contributed by atoms with van der Waals surface area (Å²) >= 11 is 0. The first-order valence-electron chi connectivity index (χ1n) is 11.3. The van der Waals surface area contributed by atoms with Crippen LogP contribution >= 0.6 is 0 Å². The molecule has 166 valence electrons. The molecule has 0 aromatic heterocycles. The number of nitriles is 1. The van der Waals surface area contributed by atoms with Crippen LogP contribution in [0.5, 0.6) is 0 Å². The Morgan fingerprint density at radius 2 is 1.38 bits per heavy atom. The first-order valence-corrected chi connectivity index (χ1v) is 11.3. The van der Waals surface area contributed by atoms with Crippen LogP contribution in [0.25, 0.3) is 0 Å². The summed E-state index contributed by atoms with van der Waals surface area (Å²) in [6, 6.07) is 23.6. The fourth-order valence-corrected chi connectivity index (χ4v) is 4.50. The number of piperazine rings is 2. The van der Waals surface area contributed by atoms with Gasteiger partial charge in [-0.15, -0.1) is 0 Å². The van der Waals surface area contributed by atoms with E-state index in [9.17, 15) is 10.1 Å². The fourth-order valence-electron chi connectivity index (χ4n) is 4.50. The number of hydrogen-bond acceptors (Lipinski definition) is 5. The Morgan fingerprint density at radius 3 is 1.88 bits per heavy atom. The minimum Gasteiger partial charge on any atom is -0.374 e. The molecule has 6 nitrogen and oxygen atoms in total. The van der Waals surface area contributed by atoms with Crippen molar-refractivity contribution in [2.24, 2.45) is 0 Å². The molecule has 0 bridgehead atoms. The van der Waals surface area contributed by atoms with Crippen molar-refractivity contribution in [1.82, 2.24) is 19.6 Å². The van der Waals surface area contributed by atoms with E-state index in [-0.39, 0.29) is 17.5 Å². The van der Waals surface area contributed by atoms with Crippen LogP contribution in [0.4, 0.5) is 0 Å². The molecule has 0 atom stereocenters. The lowest BCUT2D eigenvalue weighted by molar-refractivity contribution is -0.128. The maximum Gasteiger partial charge on any atom is 0.266 e. The van der Waals surface area contributed by atoms with Gasteiger partial charge >= 0.3 is 0 Å². The molecule has 0 spiro atoms. The van der Waals surface area contributed by atoms with Gasteiger partial charge in [0.15, 0.2) is 0 Å². The van der Waals surface area contributed by atoms with E-state index in [1.165, 1.54) is 11.1 Å². The second-order valence-electron chi connectivity index (χ2n) is 8.55. The molecule has 0 aliphatic carbocycles. The van der Waals surface area contributed by atoms with E-state index in [4.69, 9.17) is 0 Å². The van der Waals surface area contributed by atoms with Gasteiger partial charge in [-0.3, -0.25) is 9.69 Å². The molecular formula is C26H31N5O. The van der Waals surface area contributed by atoms with Gasteiger partial charge in [-0.05, 0) is 18.2 Å². The Kier molecular flexibility index (Phi) is 7.21. The van der Waals surface area contributed by atoms with E-state index in [2.05, 4.69) is 88.5 Å². The number of benzene rings is 2. The fraction of sp³-hybridized carbons (Fsp3) is 0.385. The first-order chi connectivity index (χ1) is 15.7. The third-order valence-corrected chi connectivity index (χ3v) is 6.40. The van der Waals surface area contributed by atoms with Crippen molar-refractivity contribution in [3.8, 4) is 6.07 Å². The normalized spacial score (nSPS) is 18.6. The standard InChI is InChI=1S/C26H31N5O/c1-28-12-16-31(17-13-28)26(32)24(20-27)21-29-14-18-30(19-15-29)25(22-8-4-2-5-9-22)23-10-6-3-7-11-23/h2-11,21,25H,12-19H2,1H3/b24-21-. The highest BCUT2D eigenvalue weighted by atomic mass is 16.2. The summed E-state index contributed by atoms with van der Waals surface area (Å²) in [7, 11) is 2.06. The van der Waals surface area contributed by atoms with Crippen LogP contribution in [-0.2, 0) is 4.79 Å². The Balaban J connectivity index is 1.44. The van der Waals surface area contributed by atoms with E-state index in [0.29, 0.717) is 13.1 Å². The third kappa shape index (κ3) is 5.18. The lowest BCUT2D eigenvalue weighted by atomic mass is 9.96. The second-order valence-corrected chi connectivity index (χ2v) is 8.55. The van der Waals surface area contributed by atoms with Crippen molar-refractivity contribution in [1.29, 1.82) is 5.26 Å². The van der Waals surface area contributed by atoms with Crippen LogP contribution in [0.2, 0.25) is 0 Å². The van der Waals surface area contributed by atoms with Crippen molar-refractivity contribution in [3.05, 3.63) is 83.6 Å². The molecule has 0 unspecified atom stereocenters. The zero-order chi connectivity index (χ0) is 22.3. The molecule has 1 amide bonds. The molecule has 2 saturated heterocycles. The number of hydrogen-bond donors (Lipinski definition) is 0. The second kappa shape index (κ2) is 10.4. The highest BCUT2D eigenvalue weighted by Gasteiger charge is 2.27. The molecule has 2 aliphatic heterocycles. The average Bonchev–Trinajstić information content (AvgIpc) is 2.85. The monoisotopic (exact) mass is 429 g/mol. The van der Waals surface area contributed by atoms with Crippen LogP contribution < -0.4 is 0 Å². The predicted octanol–water partition coefficient (Wildman–Crippen LogP) is 2.58. The van der Waals surface area contributed by atoms with Gasteiger partial charge in [0.25, 0.3) is 5.91 Å². The molecule has 32 heavy (non-hydrogen) atoms. The van der Waals surface area contributed by atoms with Crippen molar-refractivity contribution < 1.29 is 4.79 Å². The molecule has 0 N–H and O–H groups in total. The average molecular weight is 430 g/mol. The highest BCUT2D eigenvalue weighted by molar-refractivity contribution is 5.97. The lowest BCUT2D eigenvalue weighted by Crippen LogP contribution is -2.48. The van der Waals surface area contributed by atoms with Crippen LogP contribution in [0.1, 0.15) is 17.2 Å². The first kappa shape index (κ1) is 22.1. The van der Waals surface area contributed by atoms with Gasteiger partial charge in [-0.25, -0.2) is 0 Å². The van der Waals surface area contributed by atoms with E-state index in [1.807, 2.05) is 0 Å². The van der Waals surface area contributed by atoms with Gasteiger partial charge in [0.2, 0.25) is 0 Å². The largest absolute Gasteiger partial charge is 0.374 e. The number of carbonyl (C=O) groups excluding carboxylic acids is 1. The SMILES string of the molecule is CN1CCN(C(=O)/C(C#N)=C\N2CCN(C(c3ccccc3)c3ccccc3)CC2)CC1. The summed E-state index contributed by atoms with van der Waals surface area (Å²) in [5, 5.41) is 9.63. The van der Waals surface area contributed by atoms with Gasteiger partial charge in [0, 0.05) is 58.6 Å². The topological polar surface area (TPSA) is 53.8 Å². The quantitative estimate of drug-likeness (QED) is 0.540. The predicted molar refractivity (Wildman–Crippen MR) is 126 cm³/mol. The lowest BCUT2D eigenvalue weighted by Gasteiger charge is -2.39. The van der Waals surface area contributed by atoms with Gasteiger partial charge in [0.05, 0.1) is 6.04 Å². The Hall–Kier alpha value is -3.14. The number of carbonyl (C=O) groups is 1. The van der Waals surface area contributed by atoms with Crippen LogP contribution in [0, 0.1) is 11.3 Å². The molecule has 2 aliphatic rings. The number of amides is 1. The molecular weight excluding hydrogens is 398 g/mol. The number of likely N-dealkylation sites (N-methyl/N-ethyl adjacent to an activating group) is 1. The molecule has 0 saturated carbocycles. The zero-order valence-corrected chi connectivity index (χ0v) is 18.7. The summed E-state index contributed by atoms with van der Waals surface area (Å²) < 4.78 is 0. The van der Waals surface area contributed by atoms with E-state index in [1.54, 1.807) is 11.1 Å². The number of nitrogens with zero attached hydrogens (tertiary/aromatic N) is 5. The Morgan fingerprint density at radius 1 is 0.844 bits per heavy atom. The van der Waals surface area contributed by atoms with Gasteiger partial charge in [-0.2, -0.15) is 5.26 Å². The van der Waals surface area contributed by atoms with Gasteiger partial charge < -0.3 is 14.7 Å².